The lowest BCUT2D eigenvalue weighted by atomic mass is 9.98. The first kappa shape index (κ1) is 21.4. The second-order valence-electron chi connectivity index (χ2n) is 8.26. The van der Waals surface area contributed by atoms with Gasteiger partial charge in [0.15, 0.2) is 0 Å². The summed E-state index contributed by atoms with van der Waals surface area (Å²) in [6, 6.07) is 13.8. The molecule has 7 nitrogen and oxygen atoms in total. The number of aliphatic imine (C=N–C) groups is 1. The Balaban J connectivity index is 1.30. The van der Waals surface area contributed by atoms with Gasteiger partial charge >= 0.3 is 0 Å². The van der Waals surface area contributed by atoms with Crippen LogP contribution in [0.1, 0.15) is 11.1 Å². The summed E-state index contributed by atoms with van der Waals surface area (Å²) in [6.07, 6.45) is 3.89. The van der Waals surface area contributed by atoms with Gasteiger partial charge in [0.2, 0.25) is 5.95 Å². The molecule has 1 N–H and O–H groups in total. The number of hydrogen-bond donors (Lipinski definition) is 1. The maximum Gasteiger partial charge on any atom is 0.229 e. The minimum Gasteiger partial charge on any atom is -0.378 e. The standard InChI is InChI=1S/C25H22Cl2N6O/c26-20-4-2-1-3-18(20)19-13-16-15-29-25(31-23(16)33-8-7-28-24(19)33)30-22-6-5-17(14-21(22)27)32-9-11-34-12-10-32/h1-6,13-15H,7-12H2,(H,29,30,31). The third-order valence-corrected chi connectivity index (χ3v) is 6.81. The van der Waals surface area contributed by atoms with Crippen LogP contribution in [0.15, 0.2) is 53.7 Å². The zero-order valence-electron chi connectivity index (χ0n) is 18.3. The fourth-order valence-electron chi connectivity index (χ4n) is 4.49. The average Bonchev–Trinajstić information content (AvgIpc) is 3.36. The lowest BCUT2D eigenvalue weighted by molar-refractivity contribution is 0.122. The molecule has 3 aliphatic rings. The van der Waals surface area contributed by atoms with Gasteiger partial charge in [0, 0.05) is 53.2 Å². The summed E-state index contributed by atoms with van der Waals surface area (Å²) in [5.41, 5.74) is 4.71. The van der Waals surface area contributed by atoms with E-state index in [-0.39, 0.29) is 0 Å². The zero-order chi connectivity index (χ0) is 23.1. The van der Waals surface area contributed by atoms with Gasteiger partial charge in [-0.15, -0.1) is 0 Å². The molecule has 0 bridgehead atoms. The number of nitrogens with zero attached hydrogens (tertiary/aromatic N) is 5. The van der Waals surface area contributed by atoms with E-state index in [4.69, 9.17) is 37.9 Å². The Labute approximate surface area is 207 Å². The van der Waals surface area contributed by atoms with Crippen molar-refractivity contribution in [1.29, 1.82) is 0 Å². The molecule has 172 valence electrons. The topological polar surface area (TPSA) is 65.9 Å². The second-order valence-corrected chi connectivity index (χ2v) is 9.07. The lowest BCUT2D eigenvalue weighted by Gasteiger charge is -2.29. The van der Waals surface area contributed by atoms with Crippen molar-refractivity contribution in [3.8, 4) is 0 Å². The smallest absolute Gasteiger partial charge is 0.229 e. The lowest BCUT2D eigenvalue weighted by Crippen LogP contribution is -2.36. The highest BCUT2D eigenvalue weighted by atomic mass is 35.5. The Hall–Kier alpha value is -3.13. The van der Waals surface area contributed by atoms with Gasteiger partial charge in [-0.1, -0.05) is 41.4 Å². The van der Waals surface area contributed by atoms with Gasteiger partial charge < -0.3 is 19.9 Å². The largest absolute Gasteiger partial charge is 0.378 e. The number of fused-ring (bicyclic) bond motifs is 3. The average molecular weight is 493 g/mol. The van der Waals surface area contributed by atoms with Gasteiger partial charge in [0.1, 0.15) is 11.7 Å². The molecule has 4 heterocycles. The number of amidine groups is 1. The van der Waals surface area contributed by atoms with Crippen molar-refractivity contribution in [2.24, 2.45) is 4.99 Å². The highest BCUT2D eigenvalue weighted by Gasteiger charge is 2.31. The summed E-state index contributed by atoms with van der Waals surface area (Å²) in [6.45, 7) is 4.65. The Morgan fingerprint density at radius 1 is 0.971 bits per heavy atom. The summed E-state index contributed by atoms with van der Waals surface area (Å²) in [4.78, 5) is 18.5. The van der Waals surface area contributed by atoms with Crippen LogP contribution in [0.3, 0.4) is 0 Å². The number of benzene rings is 2. The molecule has 3 aromatic rings. The maximum atomic E-state index is 6.61. The third kappa shape index (κ3) is 3.90. The molecule has 9 heteroatoms. The fourth-order valence-corrected chi connectivity index (χ4v) is 4.95. The van der Waals surface area contributed by atoms with Crippen LogP contribution in [-0.4, -0.2) is 55.2 Å². The summed E-state index contributed by atoms with van der Waals surface area (Å²) in [5.74, 6) is 2.20. The van der Waals surface area contributed by atoms with Crippen molar-refractivity contribution in [3.63, 3.8) is 0 Å². The summed E-state index contributed by atoms with van der Waals surface area (Å²) < 4.78 is 5.44. The molecule has 34 heavy (non-hydrogen) atoms. The monoisotopic (exact) mass is 492 g/mol. The van der Waals surface area contributed by atoms with Gasteiger partial charge in [-0.25, -0.2) is 4.98 Å². The summed E-state index contributed by atoms with van der Waals surface area (Å²) in [7, 11) is 0. The van der Waals surface area contributed by atoms with E-state index in [2.05, 4.69) is 32.2 Å². The first-order valence-corrected chi connectivity index (χ1v) is 12.0. The van der Waals surface area contributed by atoms with E-state index in [1.54, 1.807) is 0 Å². The van der Waals surface area contributed by atoms with Crippen LogP contribution in [-0.2, 0) is 4.74 Å². The van der Waals surface area contributed by atoms with Crippen molar-refractivity contribution in [3.05, 3.63) is 69.8 Å². The molecule has 1 aromatic heterocycles. The number of anilines is 4. The molecule has 6 rings (SSSR count). The number of ether oxygens (including phenoxy) is 1. The van der Waals surface area contributed by atoms with Crippen LogP contribution in [0.4, 0.5) is 23.1 Å². The van der Waals surface area contributed by atoms with Crippen LogP contribution in [0.25, 0.3) is 11.6 Å². The van der Waals surface area contributed by atoms with Crippen molar-refractivity contribution in [2.45, 2.75) is 0 Å². The van der Waals surface area contributed by atoms with Gasteiger partial charge in [0.05, 0.1) is 30.5 Å². The van der Waals surface area contributed by atoms with Crippen LogP contribution < -0.4 is 15.1 Å². The number of morpholine rings is 1. The summed E-state index contributed by atoms with van der Waals surface area (Å²) >= 11 is 13.1. The molecule has 1 fully saturated rings. The van der Waals surface area contributed by atoms with E-state index >= 15 is 0 Å². The van der Waals surface area contributed by atoms with E-state index < -0.39 is 0 Å². The Morgan fingerprint density at radius 2 is 1.82 bits per heavy atom. The van der Waals surface area contributed by atoms with Gasteiger partial charge in [0.25, 0.3) is 0 Å². The number of halogens is 2. The molecule has 0 unspecified atom stereocenters. The van der Waals surface area contributed by atoms with E-state index in [0.29, 0.717) is 22.5 Å². The molecule has 0 aliphatic carbocycles. The van der Waals surface area contributed by atoms with Crippen LogP contribution in [0.5, 0.6) is 0 Å². The van der Waals surface area contributed by atoms with Crippen molar-refractivity contribution in [2.75, 3.05) is 54.5 Å². The van der Waals surface area contributed by atoms with Crippen LogP contribution in [0.2, 0.25) is 10.0 Å². The number of rotatable bonds is 4. The highest BCUT2D eigenvalue weighted by molar-refractivity contribution is 6.40. The van der Waals surface area contributed by atoms with Crippen LogP contribution in [0, 0.1) is 0 Å². The Bertz CT molecular complexity index is 1320. The third-order valence-electron chi connectivity index (χ3n) is 6.17. The predicted molar refractivity (Wildman–Crippen MR) is 139 cm³/mol. The Morgan fingerprint density at radius 3 is 2.65 bits per heavy atom. The zero-order valence-corrected chi connectivity index (χ0v) is 19.9. The van der Waals surface area contributed by atoms with Gasteiger partial charge in [-0.3, -0.25) is 4.99 Å². The molecule has 3 aliphatic heterocycles. The van der Waals surface area contributed by atoms with E-state index in [1.807, 2.05) is 42.6 Å². The maximum absolute atomic E-state index is 6.61. The van der Waals surface area contributed by atoms with Crippen molar-refractivity contribution in [1.82, 2.24) is 9.97 Å². The quantitative estimate of drug-likeness (QED) is 0.543. The number of hydrogen-bond acceptors (Lipinski definition) is 7. The minimum absolute atomic E-state index is 0.487. The molecule has 0 saturated carbocycles. The van der Waals surface area contributed by atoms with Crippen molar-refractivity contribution >= 4 is 63.8 Å². The molecule has 0 spiro atoms. The normalized spacial score (nSPS) is 17.1. The second kappa shape index (κ2) is 8.91. The molecular weight excluding hydrogens is 471 g/mol. The predicted octanol–water partition coefficient (Wildman–Crippen LogP) is 5.14. The number of nitrogens with one attached hydrogen (secondary N) is 1. The molecule has 0 atom stereocenters. The molecule has 0 radical (unpaired) electrons. The SMILES string of the molecule is Clc1cc(N2CCOCC2)ccc1Nc1ncc2c(n1)N1CCN=C1C(c1ccccc1Cl)=C2. The van der Waals surface area contributed by atoms with Crippen LogP contribution >= 0.6 is 23.2 Å². The van der Waals surface area contributed by atoms with Gasteiger partial charge in [-0.05, 0) is 30.3 Å². The first-order chi connectivity index (χ1) is 16.7. The van der Waals surface area contributed by atoms with Gasteiger partial charge in [-0.2, -0.15) is 4.98 Å². The first-order valence-electron chi connectivity index (χ1n) is 11.2. The summed E-state index contributed by atoms with van der Waals surface area (Å²) in [5, 5.41) is 4.59. The molecule has 0 amide bonds. The number of aromatic nitrogens is 2. The van der Waals surface area contributed by atoms with E-state index in [1.165, 1.54) is 0 Å². The Kier molecular flexibility index (Phi) is 5.61. The molecule has 2 aromatic carbocycles. The van der Waals surface area contributed by atoms with E-state index in [9.17, 15) is 0 Å². The highest BCUT2D eigenvalue weighted by Crippen LogP contribution is 2.38. The van der Waals surface area contributed by atoms with Crippen molar-refractivity contribution < 1.29 is 4.74 Å². The van der Waals surface area contributed by atoms with E-state index in [0.717, 1.165) is 72.6 Å². The minimum atomic E-state index is 0.487. The molecular formula is C25H22Cl2N6O. The molecule has 1 saturated heterocycles. The fraction of sp³-hybridized carbons (Fsp3) is 0.240.